The third-order valence-electron chi connectivity index (χ3n) is 2.02. The van der Waals surface area contributed by atoms with Gasteiger partial charge in [-0.05, 0) is 38.1 Å². The standard InChI is InChI=1S/C10H10FO4P/c1-7-8(2)14-16(12,13-7)15-10-5-3-9(11)4-6-10/h3-6H,1-2H3. The molecule has 1 aliphatic heterocycles. The smallest absolute Gasteiger partial charge is 0.387 e. The Kier molecular flexibility index (Phi) is 2.64. The van der Waals surface area contributed by atoms with Crippen molar-refractivity contribution in [2.45, 2.75) is 13.8 Å². The highest BCUT2D eigenvalue weighted by Gasteiger charge is 2.39. The minimum absolute atomic E-state index is 0.229. The van der Waals surface area contributed by atoms with Crippen LogP contribution in [0.4, 0.5) is 4.39 Å². The third kappa shape index (κ3) is 2.19. The van der Waals surface area contributed by atoms with E-state index in [1.807, 2.05) is 0 Å². The van der Waals surface area contributed by atoms with Gasteiger partial charge in [0, 0.05) is 0 Å². The van der Waals surface area contributed by atoms with E-state index < -0.39 is 13.6 Å². The molecule has 0 saturated heterocycles. The van der Waals surface area contributed by atoms with Gasteiger partial charge in [-0.15, -0.1) is 0 Å². The summed E-state index contributed by atoms with van der Waals surface area (Å²) >= 11 is 0. The Labute approximate surface area is 92.3 Å². The fourth-order valence-electron chi connectivity index (χ4n) is 1.14. The third-order valence-corrected chi connectivity index (χ3v) is 3.45. The van der Waals surface area contributed by atoms with E-state index in [0.29, 0.717) is 11.5 Å². The summed E-state index contributed by atoms with van der Waals surface area (Å²) < 4.78 is 39.6. The number of phosphoric ester groups is 1. The lowest BCUT2D eigenvalue weighted by Crippen LogP contribution is -1.93. The maximum atomic E-state index is 12.6. The molecule has 0 amide bonds. The molecule has 1 aliphatic rings. The molecule has 0 aliphatic carbocycles. The maximum absolute atomic E-state index is 12.6. The molecule has 0 bridgehead atoms. The van der Waals surface area contributed by atoms with Crippen LogP contribution >= 0.6 is 7.82 Å². The molecule has 86 valence electrons. The highest BCUT2D eigenvalue weighted by molar-refractivity contribution is 7.49. The maximum Gasteiger partial charge on any atom is 0.646 e. The average Bonchev–Trinajstić information content (AvgIpc) is 2.45. The van der Waals surface area contributed by atoms with Crippen LogP contribution in [0.1, 0.15) is 13.8 Å². The van der Waals surface area contributed by atoms with Crippen molar-refractivity contribution >= 4 is 7.82 Å². The molecule has 0 unspecified atom stereocenters. The van der Waals surface area contributed by atoms with Crippen LogP contribution in [0.3, 0.4) is 0 Å². The van der Waals surface area contributed by atoms with Crippen molar-refractivity contribution < 1.29 is 22.5 Å². The van der Waals surface area contributed by atoms with E-state index in [0.717, 1.165) is 0 Å². The van der Waals surface area contributed by atoms with Crippen molar-refractivity contribution in [1.29, 1.82) is 0 Å². The molecule has 0 atom stereocenters. The van der Waals surface area contributed by atoms with E-state index in [1.54, 1.807) is 13.8 Å². The lowest BCUT2D eigenvalue weighted by molar-refractivity contribution is 0.271. The molecule has 16 heavy (non-hydrogen) atoms. The van der Waals surface area contributed by atoms with E-state index in [-0.39, 0.29) is 5.75 Å². The molecule has 1 aromatic rings. The molecule has 0 aromatic heterocycles. The topological polar surface area (TPSA) is 44.8 Å². The Balaban J connectivity index is 2.12. The first-order valence-corrected chi connectivity index (χ1v) is 6.06. The number of phosphoric acid groups is 1. The fourth-order valence-corrected chi connectivity index (χ4v) is 2.56. The van der Waals surface area contributed by atoms with Crippen LogP contribution in [0, 0.1) is 5.82 Å². The van der Waals surface area contributed by atoms with Gasteiger partial charge in [0.15, 0.2) is 0 Å². The molecule has 6 heteroatoms. The quantitative estimate of drug-likeness (QED) is 0.745. The molecule has 2 rings (SSSR count). The van der Waals surface area contributed by atoms with Gasteiger partial charge in [-0.25, -0.2) is 4.39 Å². The van der Waals surface area contributed by atoms with Crippen LogP contribution < -0.4 is 4.52 Å². The van der Waals surface area contributed by atoms with Crippen LogP contribution in [0.2, 0.25) is 0 Å². The second kappa shape index (κ2) is 3.83. The van der Waals surface area contributed by atoms with Crippen molar-refractivity contribution in [3.63, 3.8) is 0 Å². The molecule has 0 spiro atoms. The monoisotopic (exact) mass is 244 g/mol. The number of allylic oxidation sites excluding steroid dienone is 2. The lowest BCUT2D eigenvalue weighted by atomic mass is 10.3. The number of halogens is 1. The minimum atomic E-state index is -3.62. The van der Waals surface area contributed by atoms with Crippen molar-refractivity contribution in [3.8, 4) is 5.75 Å². The molecule has 4 nitrogen and oxygen atoms in total. The number of hydrogen-bond acceptors (Lipinski definition) is 4. The van der Waals surface area contributed by atoms with Gasteiger partial charge in [-0.2, -0.15) is 4.57 Å². The molecular formula is C10H10FO4P. The zero-order chi connectivity index (χ0) is 11.8. The van der Waals surface area contributed by atoms with Gasteiger partial charge in [-0.3, -0.25) is 0 Å². The molecule has 1 aromatic carbocycles. The normalized spacial score (nSPS) is 17.9. The van der Waals surface area contributed by atoms with Gasteiger partial charge >= 0.3 is 7.82 Å². The Morgan fingerprint density at radius 1 is 1.12 bits per heavy atom. The predicted octanol–water partition coefficient (Wildman–Crippen LogP) is 3.61. The number of hydrogen-bond donors (Lipinski definition) is 0. The Morgan fingerprint density at radius 3 is 2.12 bits per heavy atom. The molecule has 1 heterocycles. The molecule has 0 saturated carbocycles. The van der Waals surface area contributed by atoms with Crippen LogP contribution in [0.15, 0.2) is 35.8 Å². The summed E-state index contributed by atoms with van der Waals surface area (Å²) in [6, 6.07) is 5.10. The average molecular weight is 244 g/mol. The summed E-state index contributed by atoms with van der Waals surface area (Å²) in [5.41, 5.74) is 0. The summed E-state index contributed by atoms with van der Waals surface area (Å²) in [6.07, 6.45) is 0. The second-order valence-corrected chi connectivity index (χ2v) is 4.73. The molecule has 0 fully saturated rings. The summed E-state index contributed by atoms with van der Waals surface area (Å²) in [7, 11) is -3.62. The van der Waals surface area contributed by atoms with Crippen LogP contribution in [0.5, 0.6) is 5.75 Å². The second-order valence-electron chi connectivity index (χ2n) is 3.29. The first kappa shape index (κ1) is 11.0. The zero-order valence-electron chi connectivity index (χ0n) is 8.77. The van der Waals surface area contributed by atoms with Gasteiger partial charge in [-0.1, -0.05) is 0 Å². The Morgan fingerprint density at radius 2 is 1.62 bits per heavy atom. The highest BCUT2D eigenvalue weighted by atomic mass is 31.2. The van der Waals surface area contributed by atoms with Gasteiger partial charge in [0.05, 0.1) is 0 Å². The summed E-state index contributed by atoms with van der Waals surface area (Å²) in [4.78, 5) is 0. The summed E-state index contributed by atoms with van der Waals surface area (Å²) in [5, 5.41) is 0. The van der Waals surface area contributed by atoms with E-state index in [1.165, 1.54) is 24.3 Å². The van der Waals surface area contributed by atoms with Crippen molar-refractivity contribution in [3.05, 3.63) is 41.6 Å². The van der Waals surface area contributed by atoms with E-state index in [2.05, 4.69) is 0 Å². The Hall–Kier alpha value is -1.48. The molecule has 0 N–H and O–H groups in total. The van der Waals surface area contributed by atoms with E-state index in [4.69, 9.17) is 13.6 Å². The van der Waals surface area contributed by atoms with E-state index >= 15 is 0 Å². The van der Waals surface area contributed by atoms with Crippen LogP contribution in [-0.2, 0) is 13.6 Å². The Bertz CT molecular complexity index is 462. The largest absolute Gasteiger partial charge is 0.646 e. The van der Waals surface area contributed by atoms with Crippen molar-refractivity contribution in [2.24, 2.45) is 0 Å². The first-order valence-electron chi connectivity index (χ1n) is 4.60. The van der Waals surface area contributed by atoms with E-state index in [9.17, 15) is 8.96 Å². The summed E-state index contributed by atoms with van der Waals surface area (Å²) in [5.74, 6) is 0.674. The van der Waals surface area contributed by atoms with Gasteiger partial charge in [0.1, 0.15) is 23.1 Å². The SMILES string of the molecule is CC1=C(C)OP(=O)(Oc2ccc(F)cc2)O1. The van der Waals surface area contributed by atoms with Crippen LogP contribution in [0.25, 0.3) is 0 Å². The first-order chi connectivity index (χ1) is 7.48. The van der Waals surface area contributed by atoms with Crippen molar-refractivity contribution in [2.75, 3.05) is 0 Å². The minimum Gasteiger partial charge on any atom is -0.387 e. The predicted molar refractivity (Wildman–Crippen MR) is 55.2 cm³/mol. The van der Waals surface area contributed by atoms with Crippen LogP contribution in [-0.4, -0.2) is 0 Å². The molecule has 0 radical (unpaired) electrons. The lowest BCUT2D eigenvalue weighted by Gasteiger charge is -2.11. The van der Waals surface area contributed by atoms with Gasteiger partial charge < -0.3 is 13.6 Å². The zero-order valence-corrected chi connectivity index (χ0v) is 9.66. The number of rotatable bonds is 2. The fraction of sp³-hybridized carbons (Fsp3) is 0.200. The van der Waals surface area contributed by atoms with Gasteiger partial charge in [0.25, 0.3) is 0 Å². The number of benzene rings is 1. The summed E-state index contributed by atoms with van der Waals surface area (Å²) in [6.45, 7) is 3.26. The van der Waals surface area contributed by atoms with Gasteiger partial charge in [0.2, 0.25) is 0 Å². The molecular weight excluding hydrogens is 234 g/mol. The highest BCUT2D eigenvalue weighted by Crippen LogP contribution is 2.57. The van der Waals surface area contributed by atoms with Crippen molar-refractivity contribution in [1.82, 2.24) is 0 Å².